The van der Waals surface area contributed by atoms with Crippen LogP contribution in [0.3, 0.4) is 0 Å². The summed E-state index contributed by atoms with van der Waals surface area (Å²) in [6, 6.07) is 0.777. The Morgan fingerprint density at radius 2 is 1.71 bits per heavy atom. The van der Waals surface area contributed by atoms with E-state index in [2.05, 4.69) is 29.2 Å². The molecule has 0 unspecified atom stereocenters. The molecule has 0 aromatic rings. The van der Waals surface area contributed by atoms with Gasteiger partial charge in [-0.05, 0) is 52.5 Å². The van der Waals surface area contributed by atoms with Crippen molar-refractivity contribution in [2.45, 2.75) is 18.9 Å². The van der Waals surface area contributed by atoms with Gasteiger partial charge in [0.1, 0.15) is 0 Å². The average molecular weight is 197 g/mol. The number of nitrogens with one attached hydrogen (secondary N) is 1. The number of piperidine rings is 1. The highest BCUT2D eigenvalue weighted by Gasteiger charge is 2.24. The lowest BCUT2D eigenvalue weighted by Crippen LogP contribution is -2.57. The van der Waals surface area contributed by atoms with Crippen molar-refractivity contribution in [3.05, 3.63) is 0 Å². The fourth-order valence-corrected chi connectivity index (χ4v) is 2.43. The van der Waals surface area contributed by atoms with E-state index in [1.54, 1.807) is 0 Å². The van der Waals surface area contributed by atoms with E-state index in [0.717, 1.165) is 12.0 Å². The Bertz CT molecular complexity index is 169. The maximum Gasteiger partial charge on any atom is 0.0322 e. The van der Waals surface area contributed by atoms with E-state index in [0.29, 0.717) is 0 Å². The van der Waals surface area contributed by atoms with Crippen LogP contribution in [0.5, 0.6) is 0 Å². The molecular formula is C11H23N3. The number of hydrogen-bond donors (Lipinski definition) is 1. The zero-order valence-corrected chi connectivity index (χ0v) is 9.50. The first-order valence-electron chi connectivity index (χ1n) is 5.84. The fourth-order valence-electron chi connectivity index (χ4n) is 2.43. The van der Waals surface area contributed by atoms with Crippen LogP contribution < -0.4 is 5.32 Å². The summed E-state index contributed by atoms with van der Waals surface area (Å²) < 4.78 is 0. The number of likely N-dealkylation sites (tertiary alicyclic amines) is 2. The van der Waals surface area contributed by atoms with Crippen LogP contribution in [-0.4, -0.2) is 62.7 Å². The second kappa shape index (κ2) is 4.60. The van der Waals surface area contributed by atoms with Crippen molar-refractivity contribution in [3.63, 3.8) is 0 Å². The summed E-state index contributed by atoms with van der Waals surface area (Å²) in [6.45, 7) is 6.30. The summed E-state index contributed by atoms with van der Waals surface area (Å²) >= 11 is 0. The summed E-state index contributed by atoms with van der Waals surface area (Å²) in [5.74, 6) is 0.928. The molecule has 14 heavy (non-hydrogen) atoms. The van der Waals surface area contributed by atoms with Crippen molar-refractivity contribution in [3.8, 4) is 0 Å². The number of likely N-dealkylation sites (N-methyl/N-ethyl adjacent to an activating group) is 1. The molecule has 0 amide bonds. The monoisotopic (exact) mass is 197 g/mol. The van der Waals surface area contributed by atoms with E-state index < -0.39 is 0 Å². The molecule has 0 bridgehead atoms. The molecule has 2 aliphatic rings. The van der Waals surface area contributed by atoms with Crippen LogP contribution in [-0.2, 0) is 0 Å². The van der Waals surface area contributed by atoms with Gasteiger partial charge in [-0.25, -0.2) is 0 Å². The molecule has 82 valence electrons. The molecule has 2 fully saturated rings. The van der Waals surface area contributed by atoms with Crippen LogP contribution in [0.2, 0.25) is 0 Å². The summed E-state index contributed by atoms with van der Waals surface area (Å²) in [5, 5.41) is 3.67. The van der Waals surface area contributed by atoms with Crippen molar-refractivity contribution < 1.29 is 0 Å². The smallest absolute Gasteiger partial charge is 0.0322 e. The van der Waals surface area contributed by atoms with Gasteiger partial charge in [0.15, 0.2) is 0 Å². The zero-order chi connectivity index (χ0) is 9.97. The van der Waals surface area contributed by atoms with Gasteiger partial charge in [0.05, 0.1) is 0 Å². The molecule has 0 aliphatic carbocycles. The molecule has 0 radical (unpaired) electrons. The Labute approximate surface area is 87.4 Å². The van der Waals surface area contributed by atoms with E-state index in [1.165, 1.54) is 45.6 Å². The number of nitrogens with zero attached hydrogens (tertiary/aromatic N) is 2. The lowest BCUT2D eigenvalue weighted by Gasteiger charge is -2.38. The summed E-state index contributed by atoms with van der Waals surface area (Å²) in [7, 11) is 4.41. The van der Waals surface area contributed by atoms with Gasteiger partial charge < -0.3 is 15.1 Å². The Kier molecular flexibility index (Phi) is 3.42. The minimum atomic E-state index is 0.777. The van der Waals surface area contributed by atoms with E-state index in [-0.39, 0.29) is 0 Å². The number of hydrogen-bond acceptors (Lipinski definition) is 3. The molecule has 0 spiro atoms. The molecule has 2 aliphatic heterocycles. The van der Waals surface area contributed by atoms with Crippen LogP contribution >= 0.6 is 0 Å². The highest BCUT2D eigenvalue weighted by Crippen LogP contribution is 2.15. The van der Waals surface area contributed by atoms with Gasteiger partial charge in [0, 0.05) is 19.1 Å². The Morgan fingerprint density at radius 1 is 1.07 bits per heavy atom. The Hall–Kier alpha value is -0.120. The van der Waals surface area contributed by atoms with Gasteiger partial charge in [-0.3, -0.25) is 0 Å². The fraction of sp³-hybridized carbons (Fsp3) is 1.00. The molecule has 3 heteroatoms. The molecule has 1 N–H and O–H groups in total. The largest absolute Gasteiger partial charge is 0.311 e. The third-order valence-corrected chi connectivity index (χ3v) is 3.60. The summed E-state index contributed by atoms with van der Waals surface area (Å²) in [6.07, 6.45) is 2.76. The molecule has 2 saturated heterocycles. The molecule has 2 heterocycles. The predicted molar refractivity (Wildman–Crippen MR) is 59.5 cm³/mol. The SMILES string of the molecule is CN1CCC(CNC2CN(C)C2)CC1. The molecule has 0 atom stereocenters. The second-order valence-electron chi connectivity index (χ2n) is 5.07. The predicted octanol–water partition coefficient (Wildman–Crippen LogP) is 0.232. The van der Waals surface area contributed by atoms with Gasteiger partial charge in [-0.15, -0.1) is 0 Å². The molecule has 3 nitrogen and oxygen atoms in total. The molecule has 0 aromatic heterocycles. The molecule has 2 rings (SSSR count). The first-order valence-corrected chi connectivity index (χ1v) is 5.84. The van der Waals surface area contributed by atoms with E-state index in [9.17, 15) is 0 Å². The molecular weight excluding hydrogens is 174 g/mol. The molecule has 0 aromatic carbocycles. The van der Waals surface area contributed by atoms with Gasteiger partial charge >= 0.3 is 0 Å². The van der Waals surface area contributed by atoms with Crippen molar-refractivity contribution in [1.82, 2.24) is 15.1 Å². The Balaban J connectivity index is 1.57. The summed E-state index contributed by atoms with van der Waals surface area (Å²) in [5.41, 5.74) is 0. The third-order valence-electron chi connectivity index (χ3n) is 3.60. The standard InChI is InChI=1S/C11H23N3/c1-13-5-3-10(4-6-13)7-12-11-8-14(2)9-11/h10-12H,3-9H2,1-2H3. The highest BCUT2D eigenvalue weighted by molar-refractivity contribution is 4.84. The third kappa shape index (κ3) is 2.69. The van der Waals surface area contributed by atoms with E-state index in [1.807, 2.05) is 0 Å². The van der Waals surface area contributed by atoms with Gasteiger partial charge in [0.2, 0.25) is 0 Å². The van der Waals surface area contributed by atoms with Crippen molar-refractivity contribution in [1.29, 1.82) is 0 Å². The lowest BCUT2D eigenvalue weighted by molar-refractivity contribution is 0.146. The van der Waals surface area contributed by atoms with Gasteiger partial charge in [-0.1, -0.05) is 0 Å². The molecule has 0 saturated carbocycles. The van der Waals surface area contributed by atoms with Crippen LogP contribution in [0.4, 0.5) is 0 Å². The minimum Gasteiger partial charge on any atom is -0.311 e. The maximum atomic E-state index is 3.67. The van der Waals surface area contributed by atoms with Crippen molar-refractivity contribution in [2.24, 2.45) is 5.92 Å². The van der Waals surface area contributed by atoms with Crippen LogP contribution in [0.25, 0.3) is 0 Å². The van der Waals surface area contributed by atoms with Crippen LogP contribution in [0.15, 0.2) is 0 Å². The van der Waals surface area contributed by atoms with E-state index in [4.69, 9.17) is 0 Å². The van der Waals surface area contributed by atoms with E-state index >= 15 is 0 Å². The first-order chi connectivity index (χ1) is 6.74. The average Bonchev–Trinajstić information content (AvgIpc) is 2.13. The van der Waals surface area contributed by atoms with Gasteiger partial charge in [0.25, 0.3) is 0 Å². The Morgan fingerprint density at radius 3 is 2.29 bits per heavy atom. The summed E-state index contributed by atoms with van der Waals surface area (Å²) in [4.78, 5) is 4.81. The zero-order valence-electron chi connectivity index (χ0n) is 9.50. The highest BCUT2D eigenvalue weighted by atomic mass is 15.2. The lowest BCUT2D eigenvalue weighted by atomic mass is 9.96. The number of rotatable bonds is 3. The quantitative estimate of drug-likeness (QED) is 0.699. The van der Waals surface area contributed by atoms with Crippen molar-refractivity contribution in [2.75, 3.05) is 46.8 Å². The normalized spacial score (nSPS) is 27.9. The van der Waals surface area contributed by atoms with Crippen molar-refractivity contribution >= 4 is 0 Å². The van der Waals surface area contributed by atoms with Gasteiger partial charge in [-0.2, -0.15) is 0 Å². The maximum absolute atomic E-state index is 3.67. The topological polar surface area (TPSA) is 18.5 Å². The van der Waals surface area contributed by atoms with Crippen LogP contribution in [0, 0.1) is 5.92 Å². The van der Waals surface area contributed by atoms with Crippen LogP contribution in [0.1, 0.15) is 12.8 Å². The first kappa shape index (κ1) is 10.4. The minimum absolute atomic E-state index is 0.777. The second-order valence-corrected chi connectivity index (χ2v) is 5.07.